The molecule has 1 radical (unpaired) electrons. The number of aromatic amines is 1. The number of H-pyrrole nitrogens is 1. The van der Waals surface area contributed by atoms with Gasteiger partial charge in [0.1, 0.15) is 5.75 Å². The van der Waals surface area contributed by atoms with Gasteiger partial charge in [0.2, 0.25) is 0 Å². The minimum Gasteiger partial charge on any atom is -0.508 e. The first-order valence-electron chi connectivity index (χ1n) is 9.10. The van der Waals surface area contributed by atoms with E-state index in [0.717, 1.165) is 32.9 Å². The second-order valence-corrected chi connectivity index (χ2v) is 5.68. The molecule has 0 amide bonds. The van der Waals surface area contributed by atoms with Crippen molar-refractivity contribution < 1.29 is 25.5 Å². The molecule has 2 heterocycles. The smallest absolute Gasteiger partial charge is 0.116 e. The van der Waals surface area contributed by atoms with Crippen LogP contribution in [0.4, 0.5) is 0 Å². The molecule has 28 heavy (non-hydrogen) atoms. The van der Waals surface area contributed by atoms with Crippen molar-refractivity contribution in [2.24, 2.45) is 0 Å². The molecule has 151 valence electrons. The van der Waals surface area contributed by atoms with Crippen LogP contribution in [0.2, 0.25) is 5.02 Å². The number of aryl methyl sites for hydroxylation is 2. The molecule has 6 heteroatoms. The molecule has 0 fully saturated rings. The first kappa shape index (κ1) is 26.1. The fourth-order valence-electron chi connectivity index (χ4n) is 2.36. The third-order valence-electron chi connectivity index (χ3n) is 3.50. The number of aromatic nitrogens is 3. The van der Waals surface area contributed by atoms with Crippen molar-refractivity contribution in [3.05, 3.63) is 64.9 Å². The van der Waals surface area contributed by atoms with Gasteiger partial charge < -0.3 is 10.2 Å². The van der Waals surface area contributed by atoms with Crippen LogP contribution in [0, 0.1) is 19.9 Å². The van der Waals surface area contributed by atoms with Gasteiger partial charge in [0.25, 0.3) is 0 Å². The summed E-state index contributed by atoms with van der Waals surface area (Å²) in [5, 5.41) is 18.6. The van der Waals surface area contributed by atoms with Crippen LogP contribution in [0.15, 0.2) is 42.7 Å². The molecular formula is C22H27ClN3ORe-. The Labute approximate surface area is 186 Å². The van der Waals surface area contributed by atoms with Gasteiger partial charge in [-0.05, 0) is 47.4 Å². The summed E-state index contributed by atoms with van der Waals surface area (Å²) in [6.07, 6.45) is 3.47. The molecular weight excluding hydrogens is 544 g/mol. The molecule has 0 aliphatic carbocycles. The Kier molecular flexibility index (Phi) is 12.4. The van der Waals surface area contributed by atoms with Crippen LogP contribution in [0.1, 0.15) is 38.8 Å². The van der Waals surface area contributed by atoms with E-state index in [1.54, 1.807) is 24.5 Å². The summed E-state index contributed by atoms with van der Waals surface area (Å²) in [5.74, 6) is 0.299. The topological polar surface area (TPSA) is 61.8 Å². The SMILES string of the molecule is CC.CC.Cc1cc(O)cc2cccnc12.Cc1cc2[nH]ncc2[c-]c1Cl.[Re]. The molecule has 2 aromatic heterocycles. The molecule has 0 spiro atoms. The molecule has 0 saturated carbocycles. The Morgan fingerprint density at radius 1 is 1.04 bits per heavy atom. The molecule has 4 aromatic rings. The summed E-state index contributed by atoms with van der Waals surface area (Å²) in [6, 6.07) is 12.2. The van der Waals surface area contributed by atoms with E-state index in [1.165, 1.54) is 0 Å². The van der Waals surface area contributed by atoms with Gasteiger partial charge in [0, 0.05) is 32.0 Å². The van der Waals surface area contributed by atoms with Gasteiger partial charge >= 0.3 is 0 Å². The summed E-state index contributed by atoms with van der Waals surface area (Å²) >= 11 is 5.85. The molecule has 0 aliphatic rings. The van der Waals surface area contributed by atoms with Crippen molar-refractivity contribution in [2.75, 3.05) is 0 Å². The first-order chi connectivity index (χ1) is 13.0. The molecule has 4 nitrogen and oxygen atoms in total. The number of nitrogens with one attached hydrogen (secondary N) is 1. The number of pyridine rings is 1. The second kappa shape index (κ2) is 13.3. The summed E-state index contributed by atoms with van der Waals surface area (Å²) in [7, 11) is 0. The van der Waals surface area contributed by atoms with Crippen LogP contribution in [0.5, 0.6) is 5.75 Å². The Morgan fingerprint density at radius 2 is 1.71 bits per heavy atom. The van der Waals surface area contributed by atoms with Gasteiger partial charge in [-0.1, -0.05) is 40.7 Å². The average Bonchev–Trinajstić information content (AvgIpc) is 3.13. The monoisotopic (exact) mass is 571 g/mol. The van der Waals surface area contributed by atoms with E-state index in [2.05, 4.69) is 21.2 Å². The largest absolute Gasteiger partial charge is 0.508 e. The zero-order valence-corrected chi connectivity index (χ0v) is 20.6. The van der Waals surface area contributed by atoms with Gasteiger partial charge in [0.15, 0.2) is 0 Å². The van der Waals surface area contributed by atoms with E-state index >= 15 is 0 Å². The molecule has 2 aromatic carbocycles. The van der Waals surface area contributed by atoms with Crippen LogP contribution in [0.3, 0.4) is 0 Å². The fourth-order valence-corrected chi connectivity index (χ4v) is 2.51. The number of aromatic hydroxyl groups is 1. The number of hydrogen-bond acceptors (Lipinski definition) is 3. The summed E-state index contributed by atoms with van der Waals surface area (Å²) in [5.41, 5.74) is 3.95. The Hall–Kier alpha value is -1.93. The normalized spacial score (nSPS) is 9.11. The van der Waals surface area contributed by atoms with Crippen molar-refractivity contribution >= 4 is 33.4 Å². The maximum Gasteiger partial charge on any atom is 0.116 e. The van der Waals surface area contributed by atoms with E-state index in [9.17, 15) is 5.11 Å². The van der Waals surface area contributed by atoms with E-state index in [0.29, 0.717) is 10.8 Å². The molecule has 0 bridgehead atoms. The number of benzene rings is 2. The predicted molar refractivity (Wildman–Crippen MR) is 116 cm³/mol. The van der Waals surface area contributed by atoms with Gasteiger partial charge in [-0.3, -0.25) is 4.98 Å². The third kappa shape index (κ3) is 6.91. The van der Waals surface area contributed by atoms with Crippen LogP contribution in [0.25, 0.3) is 21.8 Å². The van der Waals surface area contributed by atoms with Gasteiger partial charge in [-0.15, -0.1) is 34.7 Å². The van der Waals surface area contributed by atoms with Gasteiger partial charge in [-0.25, -0.2) is 5.10 Å². The molecule has 0 atom stereocenters. The van der Waals surface area contributed by atoms with Gasteiger partial charge in [-0.2, -0.15) is 0 Å². The van der Waals surface area contributed by atoms with Crippen molar-refractivity contribution in [1.82, 2.24) is 15.2 Å². The van der Waals surface area contributed by atoms with Crippen molar-refractivity contribution in [3.8, 4) is 5.75 Å². The average molecular weight is 571 g/mol. The number of rotatable bonds is 0. The van der Waals surface area contributed by atoms with E-state index in [1.807, 2.05) is 59.7 Å². The molecule has 0 aliphatic heterocycles. The molecule has 0 unspecified atom stereocenters. The summed E-state index contributed by atoms with van der Waals surface area (Å²) in [4.78, 5) is 4.21. The third-order valence-corrected chi connectivity index (χ3v) is 3.89. The van der Waals surface area contributed by atoms with Crippen LogP contribution in [-0.2, 0) is 20.4 Å². The number of phenols is 1. The number of hydrogen-bond donors (Lipinski definition) is 2. The van der Waals surface area contributed by atoms with Crippen molar-refractivity contribution in [3.63, 3.8) is 0 Å². The quantitative estimate of drug-likeness (QED) is 0.233. The zero-order chi connectivity index (χ0) is 20.4. The number of nitrogens with zero attached hydrogens (tertiary/aromatic N) is 2. The second-order valence-electron chi connectivity index (χ2n) is 5.30. The van der Waals surface area contributed by atoms with E-state index in [-0.39, 0.29) is 20.4 Å². The predicted octanol–water partition coefficient (Wildman–Crippen LogP) is 6.62. The molecule has 2 N–H and O–H groups in total. The van der Waals surface area contributed by atoms with Gasteiger partial charge in [0.05, 0.1) is 5.52 Å². The molecule has 0 saturated heterocycles. The van der Waals surface area contributed by atoms with E-state index < -0.39 is 0 Å². The van der Waals surface area contributed by atoms with Crippen LogP contribution in [-0.4, -0.2) is 20.3 Å². The van der Waals surface area contributed by atoms with E-state index in [4.69, 9.17) is 11.6 Å². The fraction of sp³-hybridized carbons (Fsp3) is 0.273. The Balaban J connectivity index is 0.000000431. The minimum atomic E-state index is 0. The minimum absolute atomic E-state index is 0. The van der Waals surface area contributed by atoms with Crippen molar-refractivity contribution in [1.29, 1.82) is 0 Å². The summed E-state index contributed by atoms with van der Waals surface area (Å²) in [6.45, 7) is 11.9. The maximum absolute atomic E-state index is 9.28. The summed E-state index contributed by atoms with van der Waals surface area (Å²) < 4.78 is 0. The van der Waals surface area contributed by atoms with Crippen LogP contribution < -0.4 is 0 Å². The number of halogens is 1. The molecule has 4 rings (SSSR count). The Bertz CT molecular complexity index is 950. The Morgan fingerprint density at radius 3 is 2.39 bits per heavy atom. The maximum atomic E-state index is 9.28. The standard InChI is InChI=1S/C10H9NO.C8H6ClN2.2C2H6.Re/c1-7-5-9(12)6-8-3-2-4-11-10(7)8;1-5-2-8-6(3-7(5)9)4-10-11-8;2*1-2;/h2-6,12H,1H3;2,4H,1H3,(H,10,11);2*1-2H3;/q;-1;;;. The van der Waals surface area contributed by atoms with Crippen LogP contribution >= 0.6 is 11.6 Å². The first-order valence-corrected chi connectivity index (χ1v) is 9.48. The number of phenolic OH excluding ortho intramolecular Hbond substituents is 1. The zero-order valence-electron chi connectivity index (χ0n) is 17.1. The van der Waals surface area contributed by atoms with Crippen molar-refractivity contribution in [2.45, 2.75) is 41.5 Å². The number of fused-ring (bicyclic) bond motifs is 2.